The Morgan fingerprint density at radius 3 is 2.84 bits per heavy atom. The Kier molecular flexibility index (Phi) is 5.45. The summed E-state index contributed by atoms with van der Waals surface area (Å²) in [4.78, 5) is 26.4. The zero-order valence-corrected chi connectivity index (χ0v) is 14.2. The Bertz CT molecular complexity index is 729. The molecule has 132 valence electrons. The van der Waals surface area contributed by atoms with Crippen molar-refractivity contribution in [2.75, 3.05) is 19.8 Å². The first-order valence-electron chi connectivity index (χ1n) is 8.30. The highest BCUT2D eigenvalue weighted by Gasteiger charge is 2.33. The van der Waals surface area contributed by atoms with E-state index >= 15 is 0 Å². The van der Waals surface area contributed by atoms with Crippen LogP contribution >= 0.6 is 0 Å². The predicted octanol–water partition coefficient (Wildman–Crippen LogP) is 0.506. The van der Waals surface area contributed by atoms with Gasteiger partial charge in [-0.25, -0.2) is 0 Å². The van der Waals surface area contributed by atoms with E-state index in [1.165, 1.54) is 0 Å². The zero-order chi connectivity index (χ0) is 17.6. The van der Waals surface area contributed by atoms with Crippen molar-refractivity contribution in [3.05, 3.63) is 53.9 Å². The minimum Gasteiger partial charge on any atom is -0.369 e. The van der Waals surface area contributed by atoms with Crippen LogP contribution in [0.1, 0.15) is 11.1 Å². The topological polar surface area (TPSA) is 76.5 Å². The third-order valence-corrected chi connectivity index (χ3v) is 4.17. The number of aryl methyl sites for hydroxylation is 1. The fourth-order valence-corrected chi connectivity index (χ4v) is 2.85. The SMILES string of the molecule is Cn1cc(CCNC(=O)[C@H]2COCC(=O)N2Cc2ccccc2)cn1. The lowest BCUT2D eigenvalue weighted by atomic mass is 10.1. The van der Waals surface area contributed by atoms with Crippen molar-refractivity contribution in [2.24, 2.45) is 7.05 Å². The molecule has 1 saturated heterocycles. The number of benzene rings is 1. The molecule has 7 nitrogen and oxygen atoms in total. The molecule has 1 aromatic carbocycles. The summed E-state index contributed by atoms with van der Waals surface area (Å²) in [7, 11) is 1.86. The third-order valence-electron chi connectivity index (χ3n) is 4.17. The number of amides is 2. The van der Waals surface area contributed by atoms with Crippen LogP contribution in [0.2, 0.25) is 0 Å². The second-order valence-electron chi connectivity index (χ2n) is 6.10. The number of aromatic nitrogens is 2. The number of ether oxygens (including phenoxy) is 1. The molecule has 1 aliphatic heterocycles. The highest BCUT2D eigenvalue weighted by molar-refractivity contribution is 5.89. The molecule has 1 aromatic heterocycles. The molecule has 1 N–H and O–H groups in total. The van der Waals surface area contributed by atoms with Gasteiger partial charge in [0.05, 0.1) is 12.8 Å². The van der Waals surface area contributed by atoms with Crippen LogP contribution in [0, 0.1) is 0 Å². The lowest BCUT2D eigenvalue weighted by molar-refractivity contribution is -0.155. The Morgan fingerprint density at radius 2 is 2.12 bits per heavy atom. The van der Waals surface area contributed by atoms with Crippen LogP contribution < -0.4 is 5.32 Å². The molecular weight excluding hydrogens is 320 g/mol. The van der Waals surface area contributed by atoms with Crippen LogP contribution in [0.5, 0.6) is 0 Å². The van der Waals surface area contributed by atoms with E-state index in [2.05, 4.69) is 10.4 Å². The van der Waals surface area contributed by atoms with Gasteiger partial charge in [-0.2, -0.15) is 5.10 Å². The Hall–Kier alpha value is -2.67. The highest BCUT2D eigenvalue weighted by Crippen LogP contribution is 2.14. The summed E-state index contributed by atoms with van der Waals surface area (Å²) in [5, 5.41) is 7.00. The van der Waals surface area contributed by atoms with E-state index in [1.807, 2.05) is 43.6 Å². The number of morpholine rings is 1. The Labute approximate surface area is 146 Å². The maximum absolute atomic E-state index is 12.5. The smallest absolute Gasteiger partial charge is 0.249 e. The summed E-state index contributed by atoms with van der Waals surface area (Å²) in [6, 6.07) is 9.05. The van der Waals surface area contributed by atoms with Gasteiger partial charge in [0.1, 0.15) is 12.6 Å². The van der Waals surface area contributed by atoms with Crippen molar-refractivity contribution in [1.82, 2.24) is 20.0 Å². The van der Waals surface area contributed by atoms with Crippen LogP contribution in [0.4, 0.5) is 0 Å². The van der Waals surface area contributed by atoms with Crippen molar-refractivity contribution in [2.45, 2.75) is 19.0 Å². The van der Waals surface area contributed by atoms with Gasteiger partial charge in [0.25, 0.3) is 0 Å². The number of rotatable bonds is 6. The van der Waals surface area contributed by atoms with Gasteiger partial charge < -0.3 is 15.0 Å². The van der Waals surface area contributed by atoms with Crippen molar-refractivity contribution in [3.8, 4) is 0 Å². The summed E-state index contributed by atoms with van der Waals surface area (Å²) >= 11 is 0. The number of carbonyl (C=O) groups excluding carboxylic acids is 2. The van der Waals surface area contributed by atoms with Crippen LogP contribution in [0.15, 0.2) is 42.7 Å². The fraction of sp³-hybridized carbons (Fsp3) is 0.389. The second-order valence-corrected chi connectivity index (χ2v) is 6.10. The number of nitrogens with zero attached hydrogens (tertiary/aromatic N) is 3. The van der Waals surface area contributed by atoms with Gasteiger partial charge >= 0.3 is 0 Å². The lowest BCUT2D eigenvalue weighted by Gasteiger charge is -2.34. The summed E-state index contributed by atoms with van der Waals surface area (Å²) < 4.78 is 7.01. The van der Waals surface area contributed by atoms with Gasteiger partial charge in [0, 0.05) is 26.3 Å². The second kappa shape index (κ2) is 7.94. The van der Waals surface area contributed by atoms with E-state index in [4.69, 9.17) is 4.74 Å². The first-order chi connectivity index (χ1) is 12.1. The molecule has 2 heterocycles. The molecule has 0 unspecified atom stereocenters. The molecule has 1 fully saturated rings. The first kappa shape index (κ1) is 17.2. The molecule has 0 spiro atoms. The molecule has 2 aromatic rings. The maximum Gasteiger partial charge on any atom is 0.249 e. The normalized spacial score (nSPS) is 17.6. The van der Waals surface area contributed by atoms with Crippen molar-refractivity contribution >= 4 is 11.8 Å². The summed E-state index contributed by atoms with van der Waals surface area (Å²) in [6.45, 7) is 1.14. The lowest BCUT2D eigenvalue weighted by Crippen LogP contribution is -2.56. The van der Waals surface area contributed by atoms with Crippen LogP contribution in [-0.4, -0.2) is 52.3 Å². The summed E-state index contributed by atoms with van der Waals surface area (Å²) in [6.07, 6.45) is 4.39. The fourth-order valence-electron chi connectivity index (χ4n) is 2.85. The standard InChI is InChI=1S/C18H22N4O3/c1-21-10-15(9-20-21)7-8-19-18(24)16-12-25-13-17(23)22(16)11-14-5-3-2-4-6-14/h2-6,9-10,16H,7-8,11-13H2,1H3,(H,19,24)/t16-/m1/s1. The van der Waals surface area contributed by atoms with Gasteiger partial charge in [-0.1, -0.05) is 30.3 Å². The van der Waals surface area contributed by atoms with Crippen molar-refractivity contribution in [3.63, 3.8) is 0 Å². The minimum absolute atomic E-state index is 0.0201. The molecule has 1 atom stereocenters. The number of nitrogens with one attached hydrogen (secondary N) is 1. The Morgan fingerprint density at radius 1 is 1.32 bits per heavy atom. The highest BCUT2D eigenvalue weighted by atomic mass is 16.5. The average Bonchev–Trinajstić information content (AvgIpc) is 3.03. The first-order valence-corrected chi connectivity index (χ1v) is 8.30. The molecule has 0 radical (unpaired) electrons. The molecule has 1 aliphatic rings. The predicted molar refractivity (Wildman–Crippen MR) is 91.5 cm³/mol. The van der Waals surface area contributed by atoms with E-state index in [-0.39, 0.29) is 25.0 Å². The molecule has 7 heteroatoms. The number of hydrogen-bond acceptors (Lipinski definition) is 4. The van der Waals surface area contributed by atoms with Crippen LogP contribution in [0.25, 0.3) is 0 Å². The number of carbonyl (C=O) groups is 2. The molecule has 3 rings (SSSR count). The molecule has 0 saturated carbocycles. The van der Waals surface area contributed by atoms with Crippen molar-refractivity contribution in [1.29, 1.82) is 0 Å². The van der Waals surface area contributed by atoms with E-state index < -0.39 is 6.04 Å². The molecule has 0 aliphatic carbocycles. The van der Waals surface area contributed by atoms with E-state index in [9.17, 15) is 9.59 Å². The van der Waals surface area contributed by atoms with Gasteiger partial charge in [-0.05, 0) is 17.5 Å². The Balaban J connectivity index is 1.59. The van der Waals surface area contributed by atoms with Gasteiger partial charge in [-0.15, -0.1) is 0 Å². The average molecular weight is 342 g/mol. The largest absolute Gasteiger partial charge is 0.369 e. The third kappa shape index (κ3) is 4.45. The minimum atomic E-state index is -0.602. The van der Waals surface area contributed by atoms with Crippen LogP contribution in [-0.2, 0) is 34.3 Å². The molecule has 2 amide bonds. The zero-order valence-electron chi connectivity index (χ0n) is 14.2. The van der Waals surface area contributed by atoms with Gasteiger partial charge in [-0.3, -0.25) is 14.3 Å². The number of hydrogen-bond donors (Lipinski definition) is 1. The maximum atomic E-state index is 12.5. The van der Waals surface area contributed by atoms with E-state index in [0.29, 0.717) is 19.5 Å². The quantitative estimate of drug-likeness (QED) is 0.830. The van der Waals surface area contributed by atoms with Gasteiger partial charge in [0.2, 0.25) is 11.8 Å². The summed E-state index contributed by atoms with van der Waals surface area (Å²) in [5.41, 5.74) is 2.05. The monoisotopic (exact) mass is 342 g/mol. The molecule has 25 heavy (non-hydrogen) atoms. The van der Waals surface area contributed by atoms with Gasteiger partial charge in [0.15, 0.2) is 0 Å². The van der Waals surface area contributed by atoms with Crippen molar-refractivity contribution < 1.29 is 14.3 Å². The molecular formula is C18H22N4O3. The van der Waals surface area contributed by atoms with Crippen LogP contribution in [0.3, 0.4) is 0 Å². The molecule has 0 bridgehead atoms. The summed E-state index contributed by atoms with van der Waals surface area (Å²) in [5.74, 6) is -0.351. The van der Waals surface area contributed by atoms with E-state index in [1.54, 1.807) is 15.8 Å². The van der Waals surface area contributed by atoms with E-state index in [0.717, 1.165) is 11.1 Å².